The number of hydrazone groups is 1. The van der Waals surface area contributed by atoms with E-state index in [1.807, 2.05) is 0 Å². The van der Waals surface area contributed by atoms with Crippen molar-refractivity contribution in [3.63, 3.8) is 0 Å². The molecule has 10 nitrogen and oxygen atoms in total. The van der Waals surface area contributed by atoms with Gasteiger partial charge in [0.2, 0.25) is 10.0 Å². The SMILES string of the molecule is COC(=O)Oc1ccc(C=NNC(=O)c2ccc(N(Cc3ccccc3Cl)S(C)(=O)=O)cc2)cc1OC. The average Bonchev–Trinajstić information content (AvgIpc) is 2.88. The van der Waals surface area contributed by atoms with E-state index in [0.717, 1.165) is 6.26 Å². The first-order chi connectivity index (χ1) is 17.6. The number of hydrogen-bond donors (Lipinski definition) is 1. The summed E-state index contributed by atoms with van der Waals surface area (Å²) in [6.07, 6.45) is 1.59. The first-order valence-electron chi connectivity index (χ1n) is 10.7. The zero-order valence-electron chi connectivity index (χ0n) is 20.2. The third-order valence-electron chi connectivity index (χ3n) is 5.02. The van der Waals surface area contributed by atoms with E-state index in [1.54, 1.807) is 36.4 Å². The normalized spacial score (nSPS) is 11.1. The minimum Gasteiger partial charge on any atom is -0.493 e. The van der Waals surface area contributed by atoms with Crippen LogP contribution in [-0.2, 0) is 21.3 Å². The molecule has 0 aromatic heterocycles. The Morgan fingerprint density at radius 3 is 2.35 bits per heavy atom. The van der Waals surface area contributed by atoms with Crippen LogP contribution in [0, 0.1) is 0 Å². The van der Waals surface area contributed by atoms with E-state index in [0.29, 0.717) is 21.8 Å². The largest absolute Gasteiger partial charge is 0.513 e. The molecule has 0 aliphatic rings. The van der Waals surface area contributed by atoms with E-state index >= 15 is 0 Å². The number of amides is 1. The summed E-state index contributed by atoms with van der Waals surface area (Å²) < 4.78 is 40.7. The number of methoxy groups -OCH3 is 2. The summed E-state index contributed by atoms with van der Waals surface area (Å²) in [6, 6.07) is 17.7. The molecule has 0 bridgehead atoms. The molecule has 0 atom stereocenters. The van der Waals surface area contributed by atoms with E-state index in [-0.39, 0.29) is 23.6 Å². The summed E-state index contributed by atoms with van der Waals surface area (Å²) in [5.74, 6) is -0.0748. The summed E-state index contributed by atoms with van der Waals surface area (Å²) in [7, 11) is -1.03. The zero-order chi connectivity index (χ0) is 27.0. The van der Waals surface area contributed by atoms with Gasteiger partial charge in [0.05, 0.1) is 38.9 Å². The third-order valence-corrected chi connectivity index (χ3v) is 6.53. The fourth-order valence-corrected chi connectivity index (χ4v) is 4.24. The maximum atomic E-state index is 12.5. The van der Waals surface area contributed by atoms with Crippen molar-refractivity contribution < 1.29 is 32.2 Å². The highest BCUT2D eigenvalue weighted by Gasteiger charge is 2.19. The number of halogens is 1. The molecule has 3 rings (SSSR count). The molecule has 0 fully saturated rings. The smallest absolute Gasteiger partial charge is 0.493 e. The Labute approximate surface area is 219 Å². The van der Waals surface area contributed by atoms with Crippen molar-refractivity contribution in [2.45, 2.75) is 6.54 Å². The Bertz CT molecular complexity index is 1410. The summed E-state index contributed by atoms with van der Waals surface area (Å²) in [5.41, 5.74) is 4.26. The molecule has 37 heavy (non-hydrogen) atoms. The number of nitrogens with one attached hydrogen (secondary N) is 1. The molecule has 3 aromatic rings. The number of benzene rings is 3. The van der Waals surface area contributed by atoms with Crippen LogP contribution in [0.4, 0.5) is 10.5 Å². The van der Waals surface area contributed by atoms with Crippen molar-refractivity contribution in [2.24, 2.45) is 5.10 Å². The molecule has 0 heterocycles. The van der Waals surface area contributed by atoms with Crippen LogP contribution in [0.3, 0.4) is 0 Å². The van der Waals surface area contributed by atoms with Gasteiger partial charge in [-0.1, -0.05) is 29.8 Å². The minimum absolute atomic E-state index is 0.0429. The van der Waals surface area contributed by atoms with E-state index in [9.17, 15) is 18.0 Å². The van der Waals surface area contributed by atoms with Crippen molar-refractivity contribution in [1.82, 2.24) is 5.43 Å². The van der Waals surface area contributed by atoms with Crippen molar-refractivity contribution in [3.8, 4) is 11.5 Å². The highest BCUT2D eigenvalue weighted by atomic mass is 35.5. The summed E-state index contributed by atoms with van der Waals surface area (Å²) in [5, 5.41) is 4.38. The monoisotopic (exact) mass is 545 g/mol. The van der Waals surface area contributed by atoms with Crippen molar-refractivity contribution in [1.29, 1.82) is 0 Å². The highest BCUT2D eigenvalue weighted by Crippen LogP contribution is 2.28. The fraction of sp³-hybridized carbons (Fsp3) is 0.160. The first-order valence-corrected chi connectivity index (χ1v) is 12.9. The highest BCUT2D eigenvalue weighted by molar-refractivity contribution is 7.92. The topological polar surface area (TPSA) is 124 Å². The fourth-order valence-electron chi connectivity index (χ4n) is 3.17. The van der Waals surface area contributed by atoms with Crippen LogP contribution >= 0.6 is 11.6 Å². The maximum Gasteiger partial charge on any atom is 0.513 e. The zero-order valence-corrected chi connectivity index (χ0v) is 21.7. The lowest BCUT2D eigenvalue weighted by Gasteiger charge is -2.23. The molecular weight excluding hydrogens is 522 g/mol. The predicted octanol–water partition coefficient (Wildman–Crippen LogP) is 4.22. The lowest BCUT2D eigenvalue weighted by atomic mass is 10.2. The van der Waals surface area contributed by atoms with Crippen LogP contribution in [0.1, 0.15) is 21.5 Å². The van der Waals surface area contributed by atoms with Crippen molar-refractivity contribution in [2.75, 3.05) is 24.8 Å². The number of rotatable bonds is 9. The summed E-state index contributed by atoms with van der Waals surface area (Å²) in [6.45, 7) is 0.0429. The molecule has 0 radical (unpaired) electrons. The van der Waals surface area contributed by atoms with Gasteiger partial charge in [-0.25, -0.2) is 18.6 Å². The molecule has 1 amide bonds. The first kappa shape index (κ1) is 27.5. The second kappa shape index (κ2) is 12.2. The Morgan fingerprint density at radius 1 is 1.03 bits per heavy atom. The Balaban J connectivity index is 1.69. The van der Waals surface area contributed by atoms with Gasteiger partial charge >= 0.3 is 6.16 Å². The lowest BCUT2D eigenvalue weighted by molar-refractivity contribution is 0.0955. The molecule has 0 saturated heterocycles. The average molecular weight is 546 g/mol. The Morgan fingerprint density at radius 2 is 1.73 bits per heavy atom. The van der Waals surface area contributed by atoms with Gasteiger partial charge in [0.1, 0.15) is 0 Å². The Hall–Kier alpha value is -4.09. The summed E-state index contributed by atoms with van der Waals surface area (Å²) in [4.78, 5) is 23.8. The van der Waals surface area contributed by atoms with Crippen LogP contribution in [0.15, 0.2) is 71.8 Å². The molecule has 194 valence electrons. The standard InChI is InChI=1S/C25H24ClN3O7S/c1-34-23-14-17(8-13-22(23)36-25(31)35-2)15-27-28-24(30)18-9-11-20(12-10-18)29(37(3,32)33)16-19-6-4-5-7-21(19)26/h4-15H,16H2,1-3H3,(H,28,30). The van der Waals surface area contributed by atoms with Gasteiger partial charge in [-0.05, 0) is 59.7 Å². The van der Waals surface area contributed by atoms with Crippen LogP contribution in [0.2, 0.25) is 5.02 Å². The van der Waals surface area contributed by atoms with E-state index < -0.39 is 22.1 Å². The van der Waals surface area contributed by atoms with Gasteiger partial charge < -0.3 is 14.2 Å². The molecule has 0 aliphatic heterocycles. The summed E-state index contributed by atoms with van der Waals surface area (Å²) >= 11 is 6.20. The van der Waals surface area contributed by atoms with Gasteiger partial charge in [-0.3, -0.25) is 9.10 Å². The number of ether oxygens (including phenoxy) is 3. The molecule has 1 N–H and O–H groups in total. The molecule has 0 aliphatic carbocycles. The second-order valence-electron chi connectivity index (χ2n) is 7.57. The number of hydrogen-bond acceptors (Lipinski definition) is 8. The van der Waals surface area contributed by atoms with E-state index in [2.05, 4.69) is 15.3 Å². The van der Waals surface area contributed by atoms with Gasteiger partial charge in [-0.2, -0.15) is 5.10 Å². The molecular formula is C25H24ClN3O7S. The van der Waals surface area contributed by atoms with E-state index in [1.165, 1.54) is 55.1 Å². The van der Waals surface area contributed by atoms with E-state index in [4.69, 9.17) is 21.1 Å². The van der Waals surface area contributed by atoms with Crippen LogP contribution in [0.25, 0.3) is 0 Å². The van der Waals surface area contributed by atoms with Gasteiger partial charge in [-0.15, -0.1) is 0 Å². The van der Waals surface area contributed by atoms with Crippen LogP contribution < -0.4 is 19.2 Å². The minimum atomic E-state index is -3.62. The van der Waals surface area contributed by atoms with Crippen LogP contribution in [0.5, 0.6) is 11.5 Å². The number of anilines is 1. The maximum absolute atomic E-state index is 12.5. The number of sulfonamides is 1. The molecule has 0 spiro atoms. The van der Waals surface area contributed by atoms with Crippen LogP contribution in [-0.4, -0.2) is 47.2 Å². The van der Waals surface area contributed by atoms with Gasteiger partial charge in [0.15, 0.2) is 11.5 Å². The molecule has 3 aromatic carbocycles. The molecule has 0 unspecified atom stereocenters. The van der Waals surface area contributed by atoms with Crippen molar-refractivity contribution in [3.05, 3.63) is 88.4 Å². The number of nitrogens with zero attached hydrogens (tertiary/aromatic N) is 2. The quantitative estimate of drug-likeness (QED) is 0.185. The van der Waals surface area contributed by atoms with Crippen molar-refractivity contribution >= 4 is 45.6 Å². The van der Waals surface area contributed by atoms with Gasteiger partial charge in [0, 0.05) is 10.6 Å². The number of carbonyl (C=O) groups excluding carboxylic acids is 2. The second-order valence-corrected chi connectivity index (χ2v) is 9.89. The molecule has 0 saturated carbocycles. The molecule has 12 heteroatoms. The van der Waals surface area contributed by atoms with Gasteiger partial charge in [0.25, 0.3) is 5.91 Å². The number of carbonyl (C=O) groups is 2. The third kappa shape index (κ3) is 7.45. The predicted molar refractivity (Wildman–Crippen MR) is 140 cm³/mol. The Kier molecular flexibility index (Phi) is 9.10. The lowest BCUT2D eigenvalue weighted by Crippen LogP contribution is -2.29.